The van der Waals surface area contributed by atoms with Gasteiger partial charge in [-0.3, -0.25) is 9.59 Å². The van der Waals surface area contributed by atoms with Crippen molar-refractivity contribution in [2.45, 2.75) is 38.6 Å². The first-order chi connectivity index (χ1) is 11.0. The number of amides is 2. The third-order valence-corrected chi connectivity index (χ3v) is 4.86. The van der Waals surface area contributed by atoms with Gasteiger partial charge in [0.2, 0.25) is 11.8 Å². The van der Waals surface area contributed by atoms with E-state index in [1.807, 2.05) is 0 Å². The van der Waals surface area contributed by atoms with Crippen LogP contribution < -0.4 is 9.64 Å². The lowest BCUT2D eigenvalue weighted by molar-refractivity contribution is -0.125. The van der Waals surface area contributed by atoms with E-state index >= 15 is 0 Å². The van der Waals surface area contributed by atoms with E-state index in [-0.39, 0.29) is 35.5 Å². The van der Waals surface area contributed by atoms with Gasteiger partial charge < -0.3 is 9.47 Å². The van der Waals surface area contributed by atoms with E-state index in [0.29, 0.717) is 0 Å². The molecule has 3 fully saturated rings. The molecule has 0 N–H and O–H groups in total. The molecule has 122 valence electrons. The van der Waals surface area contributed by atoms with Crippen LogP contribution >= 0.6 is 0 Å². The van der Waals surface area contributed by atoms with Gasteiger partial charge in [-0.1, -0.05) is 6.07 Å². The van der Waals surface area contributed by atoms with E-state index in [1.54, 1.807) is 13.0 Å². The normalized spacial score (nSPS) is 32.1. The first-order valence-electron chi connectivity index (χ1n) is 7.56. The molecule has 23 heavy (non-hydrogen) atoms. The molecule has 0 aliphatic carbocycles. The summed E-state index contributed by atoms with van der Waals surface area (Å²) in [6.07, 6.45) is 1.03. The third kappa shape index (κ3) is 2.06. The molecule has 5 nitrogen and oxygen atoms in total. The predicted octanol–water partition coefficient (Wildman–Crippen LogP) is 2.26. The van der Waals surface area contributed by atoms with Crippen molar-refractivity contribution in [3.63, 3.8) is 0 Å². The molecule has 1 aromatic carbocycles. The fourth-order valence-corrected chi connectivity index (χ4v) is 3.95. The molecule has 3 heterocycles. The molecule has 3 saturated heterocycles. The number of rotatable bonds is 3. The molecule has 1 aromatic rings. The van der Waals surface area contributed by atoms with E-state index < -0.39 is 18.4 Å². The van der Waals surface area contributed by atoms with Crippen LogP contribution in [0.2, 0.25) is 0 Å². The number of anilines is 1. The third-order valence-electron chi connectivity index (χ3n) is 4.86. The number of hydrogen-bond acceptors (Lipinski definition) is 4. The zero-order valence-electron chi connectivity index (χ0n) is 12.4. The van der Waals surface area contributed by atoms with Crippen LogP contribution in [0.5, 0.6) is 5.75 Å². The van der Waals surface area contributed by atoms with Crippen LogP contribution in [0.3, 0.4) is 0 Å². The first-order valence-corrected chi connectivity index (χ1v) is 7.56. The average molecular weight is 323 g/mol. The van der Waals surface area contributed by atoms with Gasteiger partial charge in [0.1, 0.15) is 5.75 Å². The summed E-state index contributed by atoms with van der Waals surface area (Å²) < 4.78 is 35.4. The standard InChI is InChI=1S/C16H15F2NO4/c1-7-2-3-9(23-16(17)18)8(6-7)19-14(20)12-10-4-5-11(22-10)13(12)15(19)21/h2-3,6,10-13,16H,4-5H2,1H3/t10-,11-,12-,13+/m0/s1. The number of carbonyl (C=O) groups excluding carboxylic acids is 2. The van der Waals surface area contributed by atoms with Crippen molar-refractivity contribution in [2.24, 2.45) is 11.8 Å². The number of alkyl halides is 2. The molecular weight excluding hydrogens is 308 g/mol. The smallest absolute Gasteiger partial charge is 0.387 e. The quantitative estimate of drug-likeness (QED) is 0.801. The predicted molar refractivity (Wildman–Crippen MR) is 75.2 cm³/mol. The van der Waals surface area contributed by atoms with Gasteiger partial charge in [-0.2, -0.15) is 8.78 Å². The number of aryl methyl sites for hydroxylation is 1. The summed E-state index contributed by atoms with van der Waals surface area (Å²) >= 11 is 0. The molecule has 4 rings (SSSR count). The number of imide groups is 1. The Balaban J connectivity index is 1.75. The molecule has 0 aromatic heterocycles. The number of carbonyl (C=O) groups is 2. The fraction of sp³-hybridized carbons (Fsp3) is 0.500. The first kappa shape index (κ1) is 14.6. The Morgan fingerprint density at radius 3 is 2.35 bits per heavy atom. The molecule has 3 aliphatic heterocycles. The number of ether oxygens (including phenoxy) is 2. The van der Waals surface area contributed by atoms with Crippen LogP contribution in [-0.2, 0) is 14.3 Å². The second-order valence-corrected chi connectivity index (χ2v) is 6.20. The minimum absolute atomic E-state index is 0.0918. The maximum atomic E-state index is 12.7. The van der Waals surface area contributed by atoms with Crippen molar-refractivity contribution in [1.29, 1.82) is 0 Å². The number of hydrogen-bond donors (Lipinski definition) is 0. The fourth-order valence-electron chi connectivity index (χ4n) is 3.95. The largest absolute Gasteiger partial charge is 0.433 e. The molecule has 7 heteroatoms. The van der Waals surface area contributed by atoms with E-state index in [9.17, 15) is 18.4 Å². The summed E-state index contributed by atoms with van der Waals surface area (Å²) in [5.74, 6) is -1.92. The molecule has 0 radical (unpaired) electrons. The summed E-state index contributed by atoms with van der Waals surface area (Å²) in [6, 6.07) is 4.48. The van der Waals surface area contributed by atoms with Gasteiger partial charge in [0.05, 0.1) is 29.7 Å². The topological polar surface area (TPSA) is 55.8 Å². The van der Waals surface area contributed by atoms with Gasteiger partial charge in [-0.25, -0.2) is 4.90 Å². The average Bonchev–Trinajstić information content (AvgIpc) is 3.15. The Morgan fingerprint density at radius 1 is 1.17 bits per heavy atom. The molecule has 0 unspecified atom stereocenters. The number of benzene rings is 1. The Labute approximate surface area is 131 Å². The minimum atomic E-state index is -3.02. The molecule has 3 aliphatic rings. The van der Waals surface area contributed by atoms with Crippen LogP contribution in [0, 0.1) is 18.8 Å². The molecular formula is C16H15F2NO4. The Hall–Kier alpha value is -2.02. The highest BCUT2D eigenvalue weighted by Gasteiger charge is 2.62. The van der Waals surface area contributed by atoms with Crippen molar-refractivity contribution in [3.05, 3.63) is 23.8 Å². The molecule has 2 bridgehead atoms. The number of halogens is 2. The van der Waals surface area contributed by atoms with E-state index in [4.69, 9.17) is 4.74 Å². The van der Waals surface area contributed by atoms with Gasteiger partial charge in [0, 0.05) is 0 Å². The van der Waals surface area contributed by atoms with Crippen molar-refractivity contribution < 1.29 is 27.8 Å². The van der Waals surface area contributed by atoms with Crippen molar-refractivity contribution >= 4 is 17.5 Å². The summed E-state index contributed by atoms with van der Waals surface area (Å²) in [5, 5.41) is 0. The van der Waals surface area contributed by atoms with Gasteiger partial charge in [-0.15, -0.1) is 0 Å². The SMILES string of the molecule is Cc1ccc(OC(F)F)c(N2C(=O)[C@@H]3[C@H](C2=O)[C@@H]2CC[C@@H]3O2)c1. The molecule has 0 spiro atoms. The summed E-state index contributed by atoms with van der Waals surface area (Å²) in [7, 11) is 0. The zero-order valence-corrected chi connectivity index (χ0v) is 12.4. The maximum Gasteiger partial charge on any atom is 0.387 e. The van der Waals surface area contributed by atoms with Crippen LogP contribution in [-0.4, -0.2) is 30.6 Å². The maximum absolute atomic E-state index is 12.7. The number of fused-ring (bicyclic) bond motifs is 5. The Morgan fingerprint density at radius 2 is 1.78 bits per heavy atom. The molecule has 0 saturated carbocycles. The van der Waals surface area contributed by atoms with Gasteiger partial charge >= 0.3 is 6.61 Å². The van der Waals surface area contributed by atoms with Crippen molar-refractivity contribution in [2.75, 3.05) is 4.90 Å². The monoisotopic (exact) mass is 323 g/mol. The van der Waals surface area contributed by atoms with Crippen LogP contribution in [0.4, 0.5) is 14.5 Å². The van der Waals surface area contributed by atoms with Crippen molar-refractivity contribution in [1.82, 2.24) is 0 Å². The van der Waals surface area contributed by atoms with Crippen LogP contribution in [0.25, 0.3) is 0 Å². The molecule has 4 atom stereocenters. The Kier molecular flexibility index (Phi) is 3.16. The van der Waals surface area contributed by atoms with Crippen molar-refractivity contribution in [3.8, 4) is 5.75 Å². The summed E-state index contributed by atoms with van der Waals surface area (Å²) in [4.78, 5) is 26.4. The number of nitrogens with zero attached hydrogens (tertiary/aromatic N) is 1. The van der Waals surface area contributed by atoms with Crippen LogP contribution in [0.15, 0.2) is 18.2 Å². The second kappa shape index (κ2) is 4.99. The minimum Gasteiger partial charge on any atom is -0.433 e. The van der Waals surface area contributed by atoms with E-state index in [1.165, 1.54) is 12.1 Å². The summed E-state index contributed by atoms with van der Waals surface area (Å²) in [5.41, 5.74) is 0.840. The molecule has 2 amide bonds. The van der Waals surface area contributed by atoms with Gasteiger partial charge in [0.25, 0.3) is 0 Å². The highest BCUT2D eigenvalue weighted by molar-refractivity contribution is 6.23. The lowest BCUT2D eigenvalue weighted by atomic mass is 9.81. The lowest BCUT2D eigenvalue weighted by Gasteiger charge is -2.21. The van der Waals surface area contributed by atoms with Crippen LogP contribution in [0.1, 0.15) is 18.4 Å². The highest BCUT2D eigenvalue weighted by atomic mass is 19.3. The second-order valence-electron chi connectivity index (χ2n) is 6.20. The van der Waals surface area contributed by atoms with Gasteiger partial charge in [0.15, 0.2) is 0 Å². The summed E-state index contributed by atoms with van der Waals surface area (Å²) in [6.45, 7) is -1.27. The zero-order chi connectivity index (χ0) is 16.3. The highest BCUT2D eigenvalue weighted by Crippen LogP contribution is 2.50. The Bertz CT molecular complexity index is 665. The lowest BCUT2D eigenvalue weighted by Crippen LogP contribution is -2.34. The van der Waals surface area contributed by atoms with E-state index in [0.717, 1.165) is 23.3 Å². The van der Waals surface area contributed by atoms with E-state index in [2.05, 4.69) is 4.74 Å². The van der Waals surface area contributed by atoms with Gasteiger partial charge in [-0.05, 0) is 37.5 Å².